The fraction of sp³-hybridized carbons (Fsp3) is 0.520. The van der Waals surface area contributed by atoms with E-state index in [0.717, 1.165) is 40.2 Å². The minimum atomic E-state index is 0.478. The number of pyridine rings is 1. The number of fused-ring (bicyclic) bond motifs is 7. The number of rotatable bonds is 1. The van der Waals surface area contributed by atoms with Gasteiger partial charge in [0, 0.05) is 36.4 Å². The zero-order valence-corrected chi connectivity index (χ0v) is 18.3. The second kappa shape index (κ2) is 7.61. The average molecular weight is 419 g/mol. The summed E-state index contributed by atoms with van der Waals surface area (Å²) in [4.78, 5) is 9.80. The van der Waals surface area contributed by atoms with Crippen LogP contribution in [-0.4, -0.2) is 51.6 Å². The zero-order valence-electron chi connectivity index (χ0n) is 17.5. The SMILES string of the molecule is S=C(Nc1cccc2ncccc12)N1CCCC2=C[C@H]3C[C@H](CN4CCCC[C@H]34)[C@@H]21. The number of likely N-dealkylation sites (tertiary alicyclic amines) is 1. The third-order valence-electron chi connectivity index (χ3n) is 7.81. The van der Waals surface area contributed by atoms with Gasteiger partial charge in [-0.3, -0.25) is 9.88 Å². The first-order valence-corrected chi connectivity index (χ1v) is 12.0. The molecule has 156 valence electrons. The predicted octanol–water partition coefficient (Wildman–Crippen LogP) is 4.83. The molecule has 1 aromatic carbocycles. The molecular weight excluding hydrogens is 388 g/mol. The van der Waals surface area contributed by atoms with Crippen molar-refractivity contribution in [2.24, 2.45) is 11.8 Å². The van der Waals surface area contributed by atoms with Crippen LogP contribution in [0.1, 0.15) is 38.5 Å². The number of thiocarbonyl (C=S) groups is 1. The minimum absolute atomic E-state index is 0.478. The van der Waals surface area contributed by atoms with Crippen LogP contribution in [0.5, 0.6) is 0 Å². The van der Waals surface area contributed by atoms with Crippen LogP contribution in [0.15, 0.2) is 48.2 Å². The Balaban J connectivity index is 1.28. The standard InChI is InChI=1S/C25H30N4S/c30-25(27-22-9-3-8-21-20(22)7-4-11-26-21)29-13-5-6-17-14-18-15-19(24(17)29)16-28-12-2-1-10-23(18)28/h3-4,7-9,11,14,18-19,23-24H,1-2,5-6,10,12-13,15-16H2,(H,27,30)/t18-,19+,23+,24+/m0/s1. The van der Waals surface area contributed by atoms with Crippen LogP contribution in [0.3, 0.4) is 0 Å². The van der Waals surface area contributed by atoms with E-state index in [4.69, 9.17) is 12.2 Å². The maximum Gasteiger partial charge on any atom is 0.173 e. The van der Waals surface area contributed by atoms with Crippen LogP contribution < -0.4 is 5.32 Å². The van der Waals surface area contributed by atoms with Crippen molar-refractivity contribution in [1.29, 1.82) is 0 Å². The number of nitrogens with one attached hydrogen (secondary N) is 1. The first kappa shape index (κ1) is 18.8. The Labute approximate surface area is 184 Å². The highest BCUT2D eigenvalue weighted by molar-refractivity contribution is 7.80. The monoisotopic (exact) mass is 418 g/mol. The van der Waals surface area contributed by atoms with Crippen molar-refractivity contribution in [1.82, 2.24) is 14.8 Å². The first-order chi connectivity index (χ1) is 14.8. The quantitative estimate of drug-likeness (QED) is 0.530. The lowest BCUT2D eigenvalue weighted by atomic mass is 9.68. The Hall–Kier alpha value is -1.98. The minimum Gasteiger partial charge on any atom is -0.342 e. The highest BCUT2D eigenvalue weighted by Crippen LogP contribution is 2.45. The van der Waals surface area contributed by atoms with Gasteiger partial charge in [-0.05, 0) is 87.0 Å². The van der Waals surface area contributed by atoms with Crippen molar-refractivity contribution in [2.45, 2.75) is 50.6 Å². The lowest BCUT2D eigenvalue weighted by Crippen LogP contribution is -2.60. The molecule has 2 bridgehead atoms. The normalized spacial score (nSPS) is 30.9. The molecule has 4 nitrogen and oxygen atoms in total. The van der Waals surface area contributed by atoms with Crippen LogP contribution >= 0.6 is 12.2 Å². The van der Waals surface area contributed by atoms with E-state index in [1.54, 1.807) is 5.57 Å². The Bertz CT molecular complexity index is 996. The summed E-state index contributed by atoms with van der Waals surface area (Å²) in [5.41, 5.74) is 3.74. The Morgan fingerprint density at radius 3 is 3.03 bits per heavy atom. The van der Waals surface area contributed by atoms with Crippen molar-refractivity contribution in [3.63, 3.8) is 0 Å². The van der Waals surface area contributed by atoms with Crippen molar-refractivity contribution in [3.8, 4) is 0 Å². The number of aromatic nitrogens is 1. The molecule has 0 saturated carbocycles. The van der Waals surface area contributed by atoms with Crippen molar-refractivity contribution >= 4 is 33.9 Å². The number of hydrogen-bond donors (Lipinski definition) is 1. The molecule has 6 rings (SSSR count). The molecule has 1 N–H and O–H groups in total. The molecule has 0 unspecified atom stereocenters. The average Bonchev–Trinajstić information content (AvgIpc) is 2.79. The van der Waals surface area contributed by atoms with Gasteiger partial charge in [0.15, 0.2) is 5.11 Å². The first-order valence-electron chi connectivity index (χ1n) is 11.6. The Morgan fingerprint density at radius 1 is 1.10 bits per heavy atom. The van der Waals surface area contributed by atoms with E-state index < -0.39 is 0 Å². The van der Waals surface area contributed by atoms with Crippen LogP contribution in [0.2, 0.25) is 0 Å². The van der Waals surface area contributed by atoms with Crippen LogP contribution in [0.4, 0.5) is 5.69 Å². The van der Waals surface area contributed by atoms with Crippen LogP contribution in [0, 0.1) is 11.8 Å². The second-order valence-electron chi connectivity index (χ2n) is 9.51. The third-order valence-corrected chi connectivity index (χ3v) is 8.14. The largest absolute Gasteiger partial charge is 0.342 e. The van der Waals surface area contributed by atoms with Gasteiger partial charge in [0.25, 0.3) is 0 Å². The van der Waals surface area contributed by atoms with E-state index in [0.29, 0.717) is 12.0 Å². The zero-order chi connectivity index (χ0) is 20.1. The van der Waals surface area contributed by atoms with Gasteiger partial charge in [-0.25, -0.2) is 0 Å². The van der Waals surface area contributed by atoms with Crippen LogP contribution in [-0.2, 0) is 0 Å². The van der Waals surface area contributed by atoms with E-state index in [-0.39, 0.29) is 0 Å². The number of nitrogens with zero attached hydrogens (tertiary/aromatic N) is 3. The summed E-state index contributed by atoms with van der Waals surface area (Å²) in [6, 6.07) is 11.6. The molecule has 30 heavy (non-hydrogen) atoms. The van der Waals surface area contributed by atoms with Gasteiger partial charge < -0.3 is 10.2 Å². The fourth-order valence-electron chi connectivity index (χ4n) is 6.60. The maximum absolute atomic E-state index is 6.00. The maximum atomic E-state index is 6.00. The number of piperidine rings is 3. The van der Waals surface area contributed by atoms with Gasteiger partial charge in [0.1, 0.15) is 0 Å². The molecule has 4 aliphatic rings. The summed E-state index contributed by atoms with van der Waals surface area (Å²) in [5.74, 6) is 1.47. The van der Waals surface area contributed by atoms with E-state index >= 15 is 0 Å². The molecule has 3 saturated heterocycles. The molecule has 1 aromatic heterocycles. The van der Waals surface area contributed by atoms with Gasteiger partial charge in [0.2, 0.25) is 0 Å². The number of benzene rings is 1. The lowest BCUT2D eigenvalue weighted by Gasteiger charge is -2.55. The molecule has 3 fully saturated rings. The lowest BCUT2D eigenvalue weighted by molar-refractivity contribution is 0.0132. The highest BCUT2D eigenvalue weighted by Gasteiger charge is 2.46. The van der Waals surface area contributed by atoms with E-state index in [1.165, 1.54) is 51.6 Å². The molecular formula is C25H30N4S. The van der Waals surface area contributed by atoms with Crippen molar-refractivity contribution < 1.29 is 0 Å². The van der Waals surface area contributed by atoms with Crippen molar-refractivity contribution in [3.05, 3.63) is 48.2 Å². The molecule has 2 aromatic rings. The fourth-order valence-corrected chi connectivity index (χ4v) is 6.92. The Morgan fingerprint density at radius 2 is 2.07 bits per heavy atom. The predicted molar refractivity (Wildman–Crippen MR) is 127 cm³/mol. The summed E-state index contributed by atoms with van der Waals surface area (Å²) < 4.78 is 0. The summed E-state index contributed by atoms with van der Waals surface area (Å²) in [7, 11) is 0. The van der Waals surface area contributed by atoms with Crippen LogP contribution in [0.25, 0.3) is 10.9 Å². The number of hydrogen-bond acceptors (Lipinski definition) is 3. The van der Waals surface area contributed by atoms with E-state index in [1.807, 2.05) is 12.3 Å². The third kappa shape index (κ3) is 3.14. The smallest absolute Gasteiger partial charge is 0.173 e. The summed E-state index contributed by atoms with van der Waals surface area (Å²) >= 11 is 6.00. The molecule has 0 spiro atoms. The second-order valence-corrected chi connectivity index (χ2v) is 9.89. The Kier molecular flexibility index (Phi) is 4.76. The molecule has 3 aliphatic heterocycles. The summed E-state index contributed by atoms with van der Waals surface area (Å²) in [6.45, 7) is 3.60. The van der Waals surface area contributed by atoms with Gasteiger partial charge >= 0.3 is 0 Å². The van der Waals surface area contributed by atoms with Gasteiger partial charge in [-0.1, -0.05) is 24.1 Å². The molecule has 0 amide bonds. The molecule has 4 atom stereocenters. The summed E-state index contributed by atoms with van der Waals surface area (Å²) in [6.07, 6.45) is 12.5. The molecule has 1 aliphatic carbocycles. The summed E-state index contributed by atoms with van der Waals surface area (Å²) in [5, 5.41) is 5.60. The molecule has 4 heterocycles. The molecule has 0 radical (unpaired) electrons. The van der Waals surface area contributed by atoms with Crippen molar-refractivity contribution in [2.75, 3.05) is 25.0 Å². The number of anilines is 1. The van der Waals surface area contributed by atoms with E-state index in [2.05, 4.69) is 50.4 Å². The van der Waals surface area contributed by atoms with Gasteiger partial charge in [0.05, 0.1) is 11.6 Å². The van der Waals surface area contributed by atoms with Gasteiger partial charge in [-0.15, -0.1) is 0 Å². The van der Waals surface area contributed by atoms with Gasteiger partial charge in [-0.2, -0.15) is 0 Å². The van der Waals surface area contributed by atoms with E-state index in [9.17, 15) is 0 Å². The highest BCUT2D eigenvalue weighted by atomic mass is 32.1. The molecule has 5 heteroatoms. The topological polar surface area (TPSA) is 31.4 Å².